The van der Waals surface area contributed by atoms with E-state index < -0.39 is 17.9 Å². The van der Waals surface area contributed by atoms with Crippen LogP contribution in [0.4, 0.5) is 4.79 Å². The van der Waals surface area contributed by atoms with Gasteiger partial charge in [0.2, 0.25) is 11.8 Å². The largest absolute Gasteiger partial charge is 0.481 e. The molecule has 0 saturated carbocycles. The Balaban J connectivity index is 3.73. The molecule has 18 heavy (non-hydrogen) atoms. The Morgan fingerprint density at radius 2 is 1.67 bits per heavy atom. The van der Waals surface area contributed by atoms with E-state index in [0.29, 0.717) is 6.54 Å². The molecule has 8 nitrogen and oxygen atoms in total. The van der Waals surface area contributed by atoms with Crippen LogP contribution < -0.4 is 16.0 Å². The second-order valence-corrected chi connectivity index (χ2v) is 3.47. The first kappa shape index (κ1) is 15.9. The standard InChI is InChI=1S/C10H17N3O5/c1-2-5-11-8(15)6-12-10(18)13-7(14)3-4-9(16)17/h2-6H2,1H3,(H,11,15)(H,16,17)(H2,12,13,14,18). The molecule has 0 aromatic heterocycles. The fourth-order valence-corrected chi connectivity index (χ4v) is 0.941. The van der Waals surface area contributed by atoms with E-state index in [1.165, 1.54) is 0 Å². The van der Waals surface area contributed by atoms with Crippen molar-refractivity contribution in [2.45, 2.75) is 26.2 Å². The highest BCUT2D eigenvalue weighted by Crippen LogP contribution is 1.87. The summed E-state index contributed by atoms with van der Waals surface area (Å²) in [5.41, 5.74) is 0. The topological polar surface area (TPSA) is 125 Å². The number of amides is 4. The number of hydrogen-bond donors (Lipinski definition) is 4. The number of hydrogen-bond acceptors (Lipinski definition) is 4. The van der Waals surface area contributed by atoms with Crippen LogP contribution in [0.5, 0.6) is 0 Å². The fraction of sp³-hybridized carbons (Fsp3) is 0.600. The Morgan fingerprint density at radius 3 is 2.22 bits per heavy atom. The summed E-state index contributed by atoms with van der Waals surface area (Å²) in [7, 11) is 0. The molecule has 0 saturated heterocycles. The van der Waals surface area contributed by atoms with Crippen LogP contribution in [0.15, 0.2) is 0 Å². The van der Waals surface area contributed by atoms with Crippen molar-refractivity contribution in [1.29, 1.82) is 0 Å². The van der Waals surface area contributed by atoms with Gasteiger partial charge in [-0.25, -0.2) is 4.79 Å². The first-order valence-electron chi connectivity index (χ1n) is 5.51. The molecule has 0 aromatic rings. The molecule has 8 heteroatoms. The molecule has 102 valence electrons. The molecule has 0 bridgehead atoms. The summed E-state index contributed by atoms with van der Waals surface area (Å²) in [4.78, 5) is 43.4. The van der Waals surface area contributed by atoms with Crippen LogP contribution in [-0.2, 0) is 14.4 Å². The van der Waals surface area contributed by atoms with Crippen LogP contribution in [0.1, 0.15) is 26.2 Å². The van der Waals surface area contributed by atoms with Crippen LogP contribution in [0.25, 0.3) is 0 Å². The summed E-state index contributed by atoms with van der Waals surface area (Å²) in [5, 5.41) is 15.0. The SMILES string of the molecule is CCCNC(=O)CNC(=O)NC(=O)CCC(=O)O. The van der Waals surface area contributed by atoms with Crippen molar-refractivity contribution in [3.63, 3.8) is 0 Å². The first-order valence-corrected chi connectivity index (χ1v) is 5.51. The Kier molecular flexibility index (Phi) is 7.91. The molecular weight excluding hydrogens is 242 g/mol. The van der Waals surface area contributed by atoms with Crippen molar-refractivity contribution in [3.05, 3.63) is 0 Å². The Labute approximate surface area is 104 Å². The summed E-state index contributed by atoms with van der Waals surface area (Å²) < 4.78 is 0. The highest BCUT2D eigenvalue weighted by molar-refractivity contribution is 5.96. The number of aliphatic carboxylic acids is 1. The predicted octanol–water partition coefficient (Wildman–Crippen LogP) is -0.797. The molecular formula is C10H17N3O5. The Bertz CT molecular complexity index is 329. The van der Waals surface area contributed by atoms with Gasteiger partial charge in [0.25, 0.3) is 0 Å². The van der Waals surface area contributed by atoms with Crippen LogP contribution in [-0.4, -0.2) is 42.0 Å². The zero-order valence-electron chi connectivity index (χ0n) is 10.1. The number of rotatable bonds is 7. The van der Waals surface area contributed by atoms with Crippen molar-refractivity contribution in [2.24, 2.45) is 0 Å². The maximum Gasteiger partial charge on any atom is 0.321 e. The highest BCUT2D eigenvalue weighted by atomic mass is 16.4. The van der Waals surface area contributed by atoms with E-state index in [9.17, 15) is 19.2 Å². The number of carbonyl (C=O) groups is 4. The van der Waals surface area contributed by atoms with Crippen molar-refractivity contribution in [2.75, 3.05) is 13.1 Å². The third-order valence-corrected chi connectivity index (χ3v) is 1.80. The van der Waals surface area contributed by atoms with E-state index in [4.69, 9.17) is 5.11 Å². The molecule has 0 fully saturated rings. The van der Waals surface area contributed by atoms with Gasteiger partial charge >= 0.3 is 12.0 Å². The number of carbonyl (C=O) groups excluding carboxylic acids is 3. The van der Waals surface area contributed by atoms with Gasteiger partial charge in [-0.05, 0) is 6.42 Å². The second kappa shape index (κ2) is 8.97. The van der Waals surface area contributed by atoms with E-state index in [1.54, 1.807) is 0 Å². The number of carboxylic acid groups (broad SMARTS) is 1. The lowest BCUT2D eigenvalue weighted by molar-refractivity contribution is -0.138. The molecule has 0 aliphatic heterocycles. The molecule has 4 amide bonds. The molecule has 0 aliphatic carbocycles. The molecule has 0 aliphatic rings. The Hall–Kier alpha value is -2.12. The number of imide groups is 1. The van der Waals surface area contributed by atoms with Crippen molar-refractivity contribution < 1.29 is 24.3 Å². The molecule has 0 aromatic carbocycles. The number of nitrogens with one attached hydrogen (secondary N) is 3. The van der Waals surface area contributed by atoms with E-state index in [1.807, 2.05) is 12.2 Å². The van der Waals surface area contributed by atoms with E-state index >= 15 is 0 Å². The highest BCUT2D eigenvalue weighted by Gasteiger charge is 2.10. The Morgan fingerprint density at radius 1 is 1.00 bits per heavy atom. The van der Waals surface area contributed by atoms with Gasteiger partial charge in [-0.1, -0.05) is 6.92 Å². The van der Waals surface area contributed by atoms with E-state index in [0.717, 1.165) is 6.42 Å². The van der Waals surface area contributed by atoms with Crippen molar-refractivity contribution in [1.82, 2.24) is 16.0 Å². The maximum absolute atomic E-state index is 11.1. The van der Waals surface area contributed by atoms with E-state index in [-0.39, 0.29) is 25.3 Å². The molecule has 0 rings (SSSR count). The van der Waals surface area contributed by atoms with Gasteiger partial charge in [0.15, 0.2) is 0 Å². The zero-order chi connectivity index (χ0) is 14.0. The molecule has 0 spiro atoms. The molecule has 0 radical (unpaired) electrons. The van der Waals surface area contributed by atoms with Crippen molar-refractivity contribution in [3.8, 4) is 0 Å². The monoisotopic (exact) mass is 259 g/mol. The predicted molar refractivity (Wildman–Crippen MR) is 61.7 cm³/mol. The minimum absolute atomic E-state index is 0.238. The lowest BCUT2D eigenvalue weighted by Gasteiger charge is -2.06. The van der Waals surface area contributed by atoms with Crippen LogP contribution >= 0.6 is 0 Å². The molecule has 4 N–H and O–H groups in total. The summed E-state index contributed by atoms with van der Waals surface area (Å²) in [6.45, 7) is 2.17. The van der Waals surface area contributed by atoms with Gasteiger partial charge in [0.05, 0.1) is 13.0 Å². The van der Waals surface area contributed by atoms with Gasteiger partial charge in [-0.2, -0.15) is 0 Å². The second-order valence-electron chi connectivity index (χ2n) is 3.47. The summed E-state index contributed by atoms with van der Waals surface area (Å²) in [6.07, 6.45) is 0.145. The maximum atomic E-state index is 11.1. The van der Waals surface area contributed by atoms with Crippen LogP contribution in [0, 0.1) is 0 Å². The fourth-order valence-electron chi connectivity index (χ4n) is 0.941. The van der Waals surface area contributed by atoms with Crippen LogP contribution in [0.3, 0.4) is 0 Å². The average molecular weight is 259 g/mol. The molecule has 0 heterocycles. The minimum Gasteiger partial charge on any atom is -0.481 e. The van der Waals surface area contributed by atoms with Gasteiger partial charge in [0, 0.05) is 13.0 Å². The number of carboxylic acids is 1. The quantitative estimate of drug-likeness (QED) is 0.476. The normalized spacial score (nSPS) is 9.39. The average Bonchev–Trinajstić information content (AvgIpc) is 2.31. The third-order valence-electron chi connectivity index (χ3n) is 1.80. The zero-order valence-corrected chi connectivity index (χ0v) is 10.1. The molecule has 0 unspecified atom stereocenters. The smallest absolute Gasteiger partial charge is 0.321 e. The van der Waals surface area contributed by atoms with Crippen LogP contribution in [0.2, 0.25) is 0 Å². The van der Waals surface area contributed by atoms with Gasteiger partial charge in [-0.15, -0.1) is 0 Å². The first-order chi connectivity index (χ1) is 8.45. The van der Waals surface area contributed by atoms with Crippen molar-refractivity contribution >= 4 is 23.8 Å². The molecule has 0 atom stereocenters. The third kappa shape index (κ3) is 9.13. The van der Waals surface area contributed by atoms with E-state index in [2.05, 4.69) is 10.6 Å². The van der Waals surface area contributed by atoms with Gasteiger partial charge in [-0.3, -0.25) is 19.7 Å². The van der Waals surface area contributed by atoms with Gasteiger partial charge < -0.3 is 15.7 Å². The summed E-state index contributed by atoms with van der Waals surface area (Å²) in [5.74, 6) is -2.18. The minimum atomic E-state index is -1.12. The summed E-state index contributed by atoms with van der Waals surface area (Å²) >= 11 is 0. The lowest BCUT2D eigenvalue weighted by Crippen LogP contribution is -2.44. The lowest BCUT2D eigenvalue weighted by atomic mass is 10.3. The van der Waals surface area contributed by atoms with Gasteiger partial charge in [0.1, 0.15) is 0 Å². The summed E-state index contributed by atoms with van der Waals surface area (Å²) in [6, 6.07) is -0.822. The number of urea groups is 1.